The van der Waals surface area contributed by atoms with Crippen LogP contribution >= 0.6 is 0 Å². The summed E-state index contributed by atoms with van der Waals surface area (Å²) in [7, 11) is 0. The fraction of sp³-hybridized carbons (Fsp3) is 0.562. The highest BCUT2D eigenvalue weighted by atomic mass is 16.5. The van der Waals surface area contributed by atoms with Crippen molar-refractivity contribution in [2.45, 2.75) is 52.1 Å². The van der Waals surface area contributed by atoms with Crippen molar-refractivity contribution in [1.82, 2.24) is 0 Å². The van der Waals surface area contributed by atoms with E-state index in [2.05, 4.69) is 18.7 Å². The van der Waals surface area contributed by atoms with E-state index in [9.17, 15) is 4.79 Å². The minimum Gasteiger partial charge on any atom is -0.462 e. The van der Waals surface area contributed by atoms with Crippen LogP contribution in [0.3, 0.4) is 0 Å². The molecule has 0 radical (unpaired) electrons. The first-order valence-corrected chi connectivity index (χ1v) is 7.39. The second kappa shape index (κ2) is 6.16. The number of nitrogens with zero attached hydrogens (tertiary/aromatic N) is 1. The third kappa shape index (κ3) is 2.89. The monoisotopic (exact) mass is 276 g/mol. The Bertz CT molecular complexity index is 477. The van der Waals surface area contributed by atoms with Gasteiger partial charge in [0, 0.05) is 17.8 Å². The standard InChI is InChI=1S/C16H24N2O2/c1-4-20-16(19)14-10-13(17)8-9-15(14)18-11(2)6-5-7-12(18)3/h8-12H,4-7,17H2,1-3H3/t11-,12+. The molecule has 1 aromatic rings. The van der Waals surface area contributed by atoms with Gasteiger partial charge in [-0.15, -0.1) is 0 Å². The van der Waals surface area contributed by atoms with Crippen LogP contribution in [0.1, 0.15) is 50.4 Å². The van der Waals surface area contributed by atoms with Gasteiger partial charge < -0.3 is 15.4 Å². The Morgan fingerprint density at radius 2 is 2.00 bits per heavy atom. The summed E-state index contributed by atoms with van der Waals surface area (Å²) in [6.45, 7) is 6.61. The molecule has 2 atom stereocenters. The molecule has 1 aliphatic rings. The van der Waals surface area contributed by atoms with Gasteiger partial charge in [0.1, 0.15) is 0 Å². The highest BCUT2D eigenvalue weighted by molar-refractivity contribution is 5.97. The van der Waals surface area contributed by atoms with Crippen LogP contribution in [0.5, 0.6) is 0 Å². The lowest BCUT2D eigenvalue weighted by molar-refractivity contribution is 0.0527. The summed E-state index contributed by atoms with van der Waals surface area (Å²) in [5, 5.41) is 0. The van der Waals surface area contributed by atoms with Crippen LogP contribution < -0.4 is 10.6 Å². The lowest BCUT2D eigenvalue weighted by Gasteiger charge is -2.41. The van der Waals surface area contributed by atoms with Gasteiger partial charge in [-0.25, -0.2) is 4.79 Å². The Kier molecular flexibility index (Phi) is 4.53. The Balaban J connectivity index is 2.41. The SMILES string of the molecule is CCOC(=O)c1cc(N)ccc1N1[C@H](C)CCC[C@@H]1C. The van der Waals surface area contributed by atoms with E-state index < -0.39 is 0 Å². The number of hydrogen-bond donors (Lipinski definition) is 1. The topological polar surface area (TPSA) is 55.6 Å². The summed E-state index contributed by atoms with van der Waals surface area (Å²) in [6, 6.07) is 6.37. The normalized spacial score (nSPS) is 22.6. The van der Waals surface area contributed by atoms with E-state index >= 15 is 0 Å². The number of esters is 1. The summed E-state index contributed by atoms with van der Waals surface area (Å²) in [5.74, 6) is -0.292. The molecule has 0 aromatic heterocycles. The van der Waals surface area contributed by atoms with Gasteiger partial charge in [0.2, 0.25) is 0 Å². The van der Waals surface area contributed by atoms with Gasteiger partial charge in [-0.05, 0) is 58.2 Å². The number of rotatable bonds is 3. The average Bonchev–Trinajstić information content (AvgIpc) is 2.40. The quantitative estimate of drug-likeness (QED) is 0.680. The van der Waals surface area contributed by atoms with Crippen LogP contribution in [-0.4, -0.2) is 24.7 Å². The molecule has 1 aromatic carbocycles. The van der Waals surface area contributed by atoms with Crippen molar-refractivity contribution in [3.63, 3.8) is 0 Å². The molecule has 1 saturated heterocycles. The molecule has 0 aliphatic carbocycles. The summed E-state index contributed by atoms with van der Waals surface area (Å²) in [4.78, 5) is 14.5. The first kappa shape index (κ1) is 14.7. The van der Waals surface area contributed by atoms with Crippen LogP contribution in [0.4, 0.5) is 11.4 Å². The maximum atomic E-state index is 12.2. The number of hydrogen-bond acceptors (Lipinski definition) is 4. The van der Waals surface area contributed by atoms with Crippen molar-refractivity contribution in [2.24, 2.45) is 0 Å². The van der Waals surface area contributed by atoms with E-state index in [1.807, 2.05) is 19.1 Å². The fourth-order valence-corrected chi connectivity index (χ4v) is 3.05. The summed E-state index contributed by atoms with van der Waals surface area (Å²) in [5.41, 5.74) is 7.94. The predicted molar refractivity (Wildman–Crippen MR) is 82.1 cm³/mol. The molecule has 0 unspecified atom stereocenters. The molecule has 1 heterocycles. The van der Waals surface area contributed by atoms with Gasteiger partial charge in [-0.1, -0.05) is 0 Å². The van der Waals surface area contributed by atoms with E-state index in [0.717, 1.165) is 18.5 Å². The molecule has 2 N–H and O–H groups in total. The van der Waals surface area contributed by atoms with Crippen LogP contribution in [0.25, 0.3) is 0 Å². The van der Waals surface area contributed by atoms with Crippen molar-refractivity contribution >= 4 is 17.3 Å². The molecular weight excluding hydrogens is 252 g/mol. The highest BCUT2D eigenvalue weighted by Crippen LogP contribution is 2.33. The lowest BCUT2D eigenvalue weighted by Crippen LogP contribution is -2.44. The number of piperidine rings is 1. The molecule has 4 nitrogen and oxygen atoms in total. The smallest absolute Gasteiger partial charge is 0.340 e. The number of nitrogen functional groups attached to an aromatic ring is 1. The molecule has 1 aliphatic heterocycles. The first-order valence-electron chi connectivity index (χ1n) is 7.39. The Morgan fingerprint density at radius 1 is 1.35 bits per heavy atom. The van der Waals surface area contributed by atoms with E-state index in [0.29, 0.717) is 29.9 Å². The third-order valence-electron chi connectivity index (χ3n) is 3.99. The van der Waals surface area contributed by atoms with E-state index in [1.165, 1.54) is 6.42 Å². The average molecular weight is 276 g/mol. The number of benzene rings is 1. The maximum Gasteiger partial charge on any atom is 0.340 e. The number of ether oxygens (including phenoxy) is 1. The summed E-state index contributed by atoms with van der Waals surface area (Å²) >= 11 is 0. The Labute approximate surface area is 120 Å². The van der Waals surface area contributed by atoms with Gasteiger partial charge in [0.25, 0.3) is 0 Å². The van der Waals surface area contributed by atoms with Crippen molar-refractivity contribution in [3.05, 3.63) is 23.8 Å². The van der Waals surface area contributed by atoms with Crippen LogP contribution in [0.15, 0.2) is 18.2 Å². The predicted octanol–water partition coefficient (Wildman–Crippen LogP) is 3.21. The van der Waals surface area contributed by atoms with Crippen molar-refractivity contribution in [2.75, 3.05) is 17.2 Å². The van der Waals surface area contributed by atoms with Gasteiger partial charge in [-0.3, -0.25) is 0 Å². The van der Waals surface area contributed by atoms with Crippen molar-refractivity contribution < 1.29 is 9.53 Å². The molecule has 0 amide bonds. The molecule has 0 spiro atoms. The van der Waals surface area contributed by atoms with Crippen molar-refractivity contribution in [3.8, 4) is 0 Å². The van der Waals surface area contributed by atoms with E-state index in [-0.39, 0.29) is 5.97 Å². The molecule has 20 heavy (non-hydrogen) atoms. The molecule has 4 heteroatoms. The van der Waals surface area contributed by atoms with Gasteiger partial charge in [0.05, 0.1) is 17.9 Å². The molecular formula is C16H24N2O2. The summed E-state index contributed by atoms with van der Waals surface area (Å²) < 4.78 is 5.16. The lowest BCUT2D eigenvalue weighted by atomic mass is 9.95. The second-order valence-corrected chi connectivity index (χ2v) is 5.53. The number of anilines is 2. The summed E-state index contributed by atoms with van der Waals surface area (Å²) in [6.07, 6.45) is 3.54. The maximum absolute atomic E-state index is 12.2. The molecule has 0 bridgehead atoms. The zero-order valence-corrected chi connectivity index (χ0v) is 12.6. The minimum atomic E-state index is -0.292. The molecule has 0 saturated carbocycles. The van der Waals surface area contributed by atoms with Gasteiger partial charge in [-0.2, -0.15) is 0 Å². The van der Waals surface area contributed by atoms with Crippen LogP contribution in [0, 0.1) is 0 Å². The van der Waals surface area contributed by atoms with Gasteiger partial charge in [0.15, 0.2) is 0 Å². The Morgan fingerprint density at radius 3 is 2.60 bits per heavy atom. The van der Waals surface area contributed by atoms with Crippen molar-refractivity contribution in [1.29, 1.82) is 0 Å². The second-order valence-electron chi connectivity index (χ2n) is 5.53. The third-order valence-corrected chi connectivity index (χ3v) is 3.99. The van der Waals surface area contributed by atoms with Crippen LogP contribution in [-0.2, 0) is 4.74 Å². The minimum absolute atomic E-state index is 0.292. The van der Waals surface area contributed by atoms with Crippen LogP contribution in [0.2, 0.25) is 0 Å². The zero-order valence-electron chi connectivity index (χ0n) is 12.6. The first-order chi connectivity index (χ1) is 9.54. The Hall–Kier alpha value is -1.71. The number of nitrogens with two attached hydrogens (primary N) is 1. The molecule has 110 valence electrons. The molecule has 1 fully saturated rings. The van der Waals surface area contributed by atoms with E-state index in [1.54, 1.807) is 6.07 Å². The van der Waals surface area contributed by atoms with E-state index in [4.69, 9.17) is 10.5 Å². The zero-order chi connectivity index (χ0) is 14.7. The largest absolute Gasteiger partial charge is 0.462 e. The van der Waals surface area contributed by atoms with Gasteiger partial charge >= 0.3 is 5.97 Å². The highest BCUT2D eigenvalue weighted by Gasteiger charge is 2.28. The molecule has 2 rings (SSSR count). The number of carbonyl (C=O) groups excluding carboxylic acids is 1. The number of carbonyl (C=O) groups is 1. The fourth-order valence-electron chi connectivity index (χ4n) is 3.05.